The van der Waals surface area contributed by atoms with Crippen molar-refractivity contribution in [3.8, 4) is 0 Å². The van der Waals surface area contributed by atoms with Gasteiger partial charge in [0.15, 0.2) is 0 Å². The molecule has 21 heavy (non-hydrogen) atoms. The molecule has 0 rings (SSSR count). The highest BCUT2D eigenvalue weighted by atomic mass is 28.5. The first-order chi connectivity index (χ1) is 9.55. The zero-order chi connectivity index (χ0) is 16.8. The molecule has 0 radical (unpaired) electrons. The van der Waals surface area contributed by atoms with Gasteiger partial charge in [0.25, 0.3) is 0 Å². The number of hydrogen-bond donors (Lipinski definition) is 0. The Labute approximate surface area is 133 Å². The monoisotopic (exact) mass is 330 g/mol. The molecule has 124 valence electrons. The Balaban J connectivity index is 5.69. The van der Waals surface area contributed by atoms with Crippen molar-refractivity contribution in [2.75, 3.05) is 0 Å². The van der Waals surface area contributed by atoms with Gasteiger partial charge in [-0.1, -0.05) is 39.1 Å². The molecule has 2 atom stereocenters. The molecule has 0 aliphatic carbocycles. The fourth-order valence-corrected chi connectivity index (χ4v) is 10.3. The smallest absolute Gasteiger partial charge is 0.358 e. The van der Waals surface area contributed by atoms with Gasteiger partial charge in [0, 0.05) is 23.3 Å². The van der Waals surface area contributed by atoms with Gasteiger partial charge in [-0.15, -0.1) is 13.2 Å². The van der Waals surface area contributed by atoms with E-state index in [1.54, 1.807) is 0 Å². The molecular weight excluding hydrogens is 296 g/mol. The number of rotatable bonds is 10. The van der Waals surface area contributed by atoms with E-state index in [0.29, 0.717) is 0 Å². The maximum atomic E-state index is 6.67. The molecule has 0 aromatic heterocycles. The normalized spacial score (nSPS) is 18.1. The maximum absolute atomic E-state index is 6.67. The molecule has 0 fully saturated rings. The molecule has 0 bridgehead atoms. The molecule has 0 heterocycles. The molecule has 3 nitrogen and oxygen atoms in total. The fourth-order valence-electron chi connectivity index (χ4n) is 2.19. The van der Waals surface area contributed by atoms with E-state index in [2.05, 4.69) is 40.9 Å². The highest BCUT2D eigenvalue weighted by Gasteiger charge is 2.50. The van der Waals surface area contributed by atoms with Gasteiger partial charge in [-0.25, -0.2) is 0 Å². The second kappa shape index (κ2) is 8.43. The van der Waals surface area contributed by atoms with Crippen molar-refractivity contribution in [1.29, 1.82) is 0 Å². The minimum absolute atomic E-state index is 0.0970. The molecule has 0 aromatic carbocycles. The van der Waals surface area contributed by atoms with Crippen LogP contribution in [0.3, 0.4) is 0 Å². The third-order valence-corrected chi connectivity index (χ3v) is 11.9. The Kier molecular flexibility index (Phi) is 8.35. The Morgan fingerprint density at radius 1 is 0.667 bits per heavy atom. The Bertz CT molecular complexity index is 310. The lowest BCUT2D eigenvalue weighted by molar-refractivity contribution is 0.136. The SMILES string of the molecule is C=C[Si](OC(C)C)(O[Si](C=C)(OC(C)C)C(C)C)C(C)C. The van der Waals surface area contributed by atoms with Crippen molar-refractivity contribution in [3.63, 3.8) is 0 Å². The second-order valence-electron chi connectivity index (χ2n) is 6.60. The summed E-state index contributed by atoms with van der Waals surface area (Å²) in [6, 6.07) is 0. The van der Waals surface area contributed by atoms with Crippen LogP contribution < -0.4 is 0 Å². The van der Waals surface area contributed by atoms with Gasteiger partial charge in [-0.3, -0.25) is 0 Å². The van der Waals surface area contributed by atoms with Crippen LogP contribution in [0.25, 0.3) is 0 Å². The van der Waals surface area contributed by atoms with Crippen molar-refractivity contribution >= 4 is 17.1 Å². The van der Waals surface area contributed by atoms with Crippen LogP contribution in [-0.2, 0) is 13.0 Å². The van der Waals surface area contributed by atoms with Crippen LogP contribution in [0.15, 0.2) is 24.6 Å². The standard InChI is InChI=1S/C16H34O3Si2/c1-11-20(15(7)8,17-13(3)4)19-21(12-2,16(9)10)18-14(5)6/h11-16H,1-2H2,3-10H3. The summed E-state index contributed by atoms with van der Waals surface area (Å²) in [5.74, 6) is 0. The molecular formula is C16H34O3Si2. The van der Waals surface area contributed by atoms with Crippen molar-refractivity contribution in [2.24, 2.45) is 0 Å². The van der Waals surface area contributed by atoms with Gasteiger partial charge in [-0.2, -0.15) is 0 Å². The average Bonchev–Trinajstić information content (AvgIpc) is 2.35. The van der Waals surface area contributed by atoms with E-state index in [0.717, 1.165) is 0 Å². The van der Waals surface area contributed by atoms with Crippen LogP contribution in [0, 0.1) is 0 Å². The lowest BCUT2D eigenvalue weighted by atomic mass is 10.5. The van der Waals surface area contributed by atoms with Crippen molar-refractivity contribution in [1.82, 2.24) is 0 Å². The van der Waals surface area contributed by atoms with Crippen molar-refractivity contribution in [3.05, 3.63) is 24.6 Å². The van der Waals surface area contributed by atoms with Crippen LogP contribution in [0.5, 0.6) is 0 Å². The summed E-state index contributed by atoms with van der Waals surface area (Å²) in [5, 5.41) is 0. The van der Waals surface area contributed by atoms with E-state index in [1.807, 2.05) is 39.1 Å². The summed E-state index contributed by atoms with van der Waals surface area (Å²) in [6.45, 7) is 24.7. The molecule has 0 saturated heterocycles. The summed E-state index contributed by atoms with van der Waals surface area (Å²) >= 11 is 0. The Morgan fingerprint density at radius 3 is 1.10 bits per heavy atom. The molecule has 0 spiro atoms. The molecule has 0 aliphatic heterocycles. The van der Waals surface area contributed by atoms with Crippen LogP contribution in [-0.4, -0.2) is 29.3 Å². The van der Waals surface area contributed by atoms with Gasteiger partial charge in [0.2, 0.25) is 0 Å². The average molecular weight is 331 g/mol. The zero-order valence-corrected chi connectivity index (χ0v) is 17.1. The highest BCUT2D eigenvalue weighted by Crippen LogP contribution is 2.35. The lowest BCUT2D eigenvalue weighted by Gasteiger charge is -2.43. The van der Waals surface area contributed by atoms with Crippen LogP contribution in [0.1, 0.15) is 55.4 Å². The van der Waals surface area contributed by atoms with Gasteiger partial charge in [0.05, 0.1) is 0 Å². The molecule has 0 aromatic rings. The van der Waals surface area contributed by atoms with Crippen LogP contribution in [0.4, 0.5) is 0 Å². The first-order valence-corrected chi connectivity index (χ1v) is 11.8. The molecule has 0 saturated carbocycles. The summed E-state index contributed by atoms with van der Waals surface area (Å²) in [7, 11) is -5.13. The van der Waals surface area contributed by atoms with Gasteiger partial charge < -0.3 is 13.0 Å². The summed E-state index contributed by atoms with van der Waals surface area (Å²) in [6.07, 6.45) is 0.194. The van der Waals surface area contributed by atoms with E-state index in [-0.39, 0.29) is 23.3 Å². The summed E-state index contributed by atoms with van der Waals surface area (Å²) in [4.78, 5) is 0. The first-order valence-electron chi connectivity index (χ1n) is 7.88. The molecule has 0 aliphatic rings. The summed E-state index contributed by atoms with van der Waals surface area (Å²) in [5.41, 5.74) is 4.32. The third-order valence-electron chi connectivity index (χ3n) is 3.34. The van der Waals surface area contributed by atoms with Gasteiger partial charge >= 0.3 is 17.1 Å². The zero-order valence-electron chi connectivity index (χ0n) is 15.1. The van der Waals surface area contributed by atoms with E-state index in [9.17, 15) is 0 Å². The van der Waals surface area contributed by atoms with Gasteiger partial charge in [0.1, 0.15) is 0 Å². The topological polar surface area (TPSA) is 27.7 Å². The molecule has 5 heteroatoms. The third kappa shape index (κ3) is 5.49. The number of hydrogen-bond acceptors (Lipinski definition) is 3. The van der Waals surface area contributed by atoms with E-state index < -0.39 is 17.1 Å². The van der Waals surface area contributed by atoms with Crippen molar-refractivity contribution in [2.45, 2.75) is 78.7 Å². The van der Waals surface area contributed by atoms with E-state index in [4.69, 9.17) is 13.0 Å². The first kappa shape index (κ1) is 20.8. The van der Waals surface area contributed by atoms with E-state index in [1.165, 1.54) is 0 Å². The predicted molar refractivity (Wildman–Crippen MR) is 95.6 cm³/mol. The van der Waals surface area contributed by atoms with Crippen molar-refractivity contribution < 1.29 is 13.0 Å². The quantitative estimate of drug-likeness (QED) is 0.527. The molecule has 0 N–H and O–H groups in total. The molecule has 0 amide bonds. The molecule has 2 unspecified atom stereocenters. The highest BCUT2D eigenvalue weighted by molar-refractivity contribution is 6.87. The largest absolute Gasteiger partial charge is 0.408 e. The Morgan fingerprint density at radius 2 is 0.952 bits per heavy atom. The predicted octanol–water partition coefficient (Wildman–Crippen LogP) is 5.01. The Hall–Kier alpha value is -0.206. The lowest BCUT2D eigenvalue weighted by Crippen LogP contribution is -2.58. The fraction of sp³-hybridized carbons (Fsp3) is 0.750. The minimum Gasteiger partial charge on any atom is -0.408 e. The van der Waals surface area contributed by atoms with Crippen LogP contribution in [0.2, 0.25) is 11.1 Å². The van der Waals surface area contributed by atoms with E-state index >= 15 is 0 Å². The minimum atomic E-state index is -2.57. The van der Waals surface area contributed by atoms with Crippen LogP contribution >= 0.6 is 0 Å². The van der Waals surface area contributed by atoms with Gasteiger partial charge in [-0.05, 0) is 27.7 Å². The summed E-state index contributed by atoms with van der Waals surface area (Å²) < 4.78 is 19.2. The maximum Gasteiger partial charge on any atom is 0.358 e. The second-order valence-corrected chi connectivity index (χ2v) is 13.9.